The summed E-state index contributed by atoms with van der Waals surface area (Å²) in [4.78, 5) is 89.9. The third-order valence-corrected chi connectivity index (χ3v) is 7.74. The van der Waals surface area contributed by atoms with Crippen molar-refractivity contribution in [2.75, 3.05) is 6.54 Å². The van der Waals surface area contributed by atoms with Gasteiger partial charge in [-0.2, -0.15) is 0 Å². The van der Waals surface area contributed by atoms with E-state index in [9.17, 15) is 43.8 Å². The van der Waals surface area contributed by atoms with Crippen LogP contribution >= 0.6 is 0 Å². The lowest BCUT2D eigenvalue weighted by atomic mass is 9.98. The van der Waals surface area contributed by atoms with Gasteiger partial charge in [0.15, 0.2) is 0 Å². The number of carbonyl (C=O) groups is 7. The van der Waals surface area contributed by atoms with Gasteiger partial charge in [0.1, 0.15) is 30.2 Å². The van der Waals surface area contributed by atoms with Crippen molar-refractivity contribution in [3.63, 3.8) is 0 Å². The predicted molar refractivity (Wildman–Crippen MR) is 167 cm³/mol. The Hall–Kier alpha value is -3.79. The molecule has 16 nitrogen and oxygen atoms in total. The summed E-state index contributed by atoms with van der Waals surface area (Å²) < 4.78 is 0. The molecular weight excluding hydrogens is 602 g/mol. The Kier molecular flexibility index (Phi) is 16.1. The SMILES string of the molecule is CC(C)C[C@H](NC(=O)[C@@H](NC(=O)[C@@H](N)CCC(N)=O)C(C)C)C(=O)N[C@H](C(=O)N[C@H](C(=O)N1CCC[C@H]1C(=O)O)[C@@H](C)O)C(C)C. The molecule has 0 aromatic carbocycles. The zero-order chi connectivity index (χ0) is 35.5. The first-order chi connectivity index (χ1) is 21.3. The standard InChI is InChI=1S/C30H53N7O9/c1-14(2)13-19(33-27(42)22(15(3)4)34-25(40)18(31)10-11-21(32)39)26(41)35-23(16(5)6)28(43)36-24(17(7)38)29(44)37-12-8-9-20(37)30(45)46/h14-20,22-24,38H,8-13,31H2,1-7H3,(H2,32,39)(H,33,42)(H,34,40)(H,35,41)(H,36,43)(H,45,46)/t17-,18+,19+,20+,22+,23+,24+/m1/s1. The molecule has 262 valence electrons. The zero-order valence-electron chi connectivity index (χ0n) is 27.9. The van der Waals surface area contributed by atoms with Crippen LogP contribution in [0.1, 0.15) is 80.6 Å². The molecule has 10 N–H and O–H groups in total. The highest BCUT2D eigenvalue weighted by Gasteiger charge is 2.40. The molecule has 1 aliphatic rings. The molecule has 0 bridgehead atoms. The van der Waals surface area contributed by atoms with E-state index >= 15 is 0 Å². The number of nitrogens with one attached hydrogen (secondary N) is 4. The first kappa shape index (κ1) is 40.2. The zero-order valence-corrected chi connectivity index (χ0v) is 27.9. The van der Waals surface area contributed by atoms with Crippen LogP contribution in [0.25, 0.3) is 0 Å². The molecule has 0 aromatic rings. The fraction of sp³-hybridized carbons (Fsp3) is 0.767. The van der Waals surface area contributed by atoms with E-state index in [1.807, 2.05) is 13.8 Å². The number of amides is 6. The molecule has 1 rings (SSSR count). The number of nitrogens with two attached hydrogens (primary N) is 2. The number of aliphatic hydroxyl groups excluding tert-OH is 1. The second-order valence-electron chi connectivity index (χ2n) is 13.0. The number of hydrogen-bond donors (Lipinski definition) is 8. The topological polar surface area (TPSA) is 263 Å². The Bertz CT molecular complexity index is 1110. The van der Waals surface area contributed by atoms with E-state index in [1.165, 1.54) is 6.92 Å². The average Bonchev–Trinajstić information content (AvgIpc) is 3.44. The third-order valence-electron chi connectivity index (χ3n) is 7.74. The Morgan fingerprint density at radius 3 is 1.74 bits per heavy atom. The number of aliphatic carboxylic acids is 1. The van der Waals surface area contributed by atoms with Crippen molar-refractivity contribution in [2.45, 2.75) is 123 Å². The highest BCUT2D eigenvalue weighted by molar-refractivity contribution is 5.96. The van der Waals surface area contributed by atoms with E-state index in [0.29, 0.717) is 6.42 Å². The molecule has 1 heterocycles. The highest BCUT2D eigenvalue weighted by Crippen LogP contribution is 2.20. The summed E-state index contributed by atoms with van der Waals surface area (Å²) in [6, 6.07) is -6.99. The number of primary amides is 1. The van der Waals surface area contributed by atoms with Crippen molar-refractivity contribution < 1.29 is 43.8 Å². The number of rotatable bonds is 18. The molecular formula is C30H53N7O9. The Morgan fingerprint density at radius 2 is 1.28 bits per heavy atom. The smallest absolute Gasteiger partial charge is 0.326 e. The number of aliphatic hydroxyl groups is 1. The number of carboxylic acid groups (broad SMARTS) is 1. The fourth-order valence-electron chi connectivity index (χ4n) is 5.07. The van der Waals surface area contributed by atoms with Gasteiger partial charge in [-0.05, 0) is 50.4 Å². The molecule has 7 atom stereocenters. The first-order valence-corrected chi connectivity index (χ1v) is 15.7. The fourth-order valence-corrected chi connectivity index (χ4v) is 5.07. The van der Waals surface area contributed by atoms with E-state index in [2.05, 4.69) is 21.3 Å². The van der Waals surface area contributed by atoms with E-state index in [1.54, 1.807) is 27.7 Å². The molecule has 6 amide bonds. The Morgan fingerprint density at radius 1 is 0.783 bits per heavy atom. The molecule has 0 saturated carbocycles. The highest BCUT2D eigenvalue weighted by atomic mass is 16.4. The molecule has 0 radical (unpaired) electrons. The number of nitrogens with zero attached hydrogens (tertiary/aromatic N) is 1. The molecule has 0 spiro atoms. The van der Waals surface area contributed by atoms with Crippen LogP contribution in [0.5, 0.6) is 0 Å². The maximum Gasteiger partial charge on any atom is 0.326 e. The summed E-state index contributed by atoms with van der Waals surface area (Å²) in [5, 5.41) is 30.2. The van der Waals surface area contributed by atoms with Crippen molar-refractivity contribution in [2.24, 2.45) is 29.2 Å². The van der Waals surface area contributed by atoms with Crippen molar-refractivity contribution in [1.82, 2.24) is 26.2 Å². The van der Waals surface area contributed by atoms with E-state index < -0.39 is 95.6 Å². The summed E-state index contributed by atoms with van der Waals surface area (Å²) in [5.41, 5.74) is 11.0. The van der Waals surface area contributed by atoms with Gasteiger partial charge in [-0.25, -0.2) is 4.79 Å². The second-order valence-corrected chi connectivity index (χ2v) is 13.0. The number of likely N-dealkylation sites (tertiary alicyclic amines) is 1. The molecule has 1 saturated heterocycles. The lowest BCUT2D eigenvalue weighted by molar-refractivity contribution is -0.151. The van der Waals surface area contributed by atoms with Gasteiger partial charge in [-0.15, -0.1) is 0 Å². The van der Waals surface area contributed by atoms with Crippen molar-refractivity contribution in [3.8, 4) is 0 Å². The van der Waals surface area contributed by atoms with Gasteiger partial charge >= 0.3 is 5.97 Å². The van der Waals surface area contributed by atoms with Crippen LogP contribution in [0.3, 0.4) is 0 Å². The normalized spacial score (nSPS) is 18.7. The van der Waals surface area contributed by atoms with Crippen molar-refractivity contribution >= 4 is 41.4 Å². The number of carbonyl (C=O) groups excluding carboxylic acids is 6. The second kappa shape index (κ2) is 18.4. The first-order valence-electron chi connectivity index (χ1n) is 15.7. The molecule has 16 heteroatoms. The minimum absolute atomic E-state index is 0.00960. The summed E-state index contributed by atoms with van der Waals surface area (Å²) in [7, 11) is 0. The van der Waals surface area contributed by atoms with Gasteiger partial charge in [0.05, 0.1) is 12.1 Å². The lowest BCUT2D eigenvalue weighted by Crippen LogP contribution is -2.62. The average molecular weight is 656 g/mol. The third kappa shape index (κ3) is 12.2. The van der Waals surface area contributed by atoms with Crippen LogP contribution in [0.4, 0.5) is 0 Å². The van der Waals surface area contributed by atoms with Crippen LogP contribution in [0.15, 0.2) is 0 Å². The largest absolute Gasteiger partial charge is 0.480 e. The minimum Gasteiger partial charge on any atom is -0.480 e. The van der Waals surface area contributed by atoms with Gasteiger partial charge < -0.3 is 47.8 Å². The van der Waals surface area contributed by atoms with Gasteiger partial charge in [0.25, 0.3) is 0 Å². The molecule has 1 aliphatic heterocycles. The minimum atomic E-state index is -1.46. The van der Waals surface area contributed by atoms with Crippen molar-refractivity contribution in [1.29, 1.82) is 0 Å². The van der Waals surface area contributed by atoms with Gasteiger partial charge in [0.2, 0.25) is 35.4 Å². The van der Waals surface area contributed by atoms with Gasteiger partial charge in [-0.1, -0.05) is 41.5 Å². The maximum absolute atomic E-state index is 13.5. The number of carboxylic acids is 1. The maximum atomic E-state index is 13.5. The van der Waals surface area contributed by atoms with Crippen LogP contribution in [0.2, 0.25) is 0 Å². The summed E-state index contributed by atoms with van der Waals surface area (Å²) in [6.07, 6.45) is -0.596. The Labute approximate surface area is 270 Å². The molecule has 0 unspecified atom stereocenters. The number of hydrogen-bond acceptors (Lipinski definition) is 9. The monoisotopic (exact) mass is 655 g/mol. The summed E-state index contributed by atoms with van der Waals surface area (Å²) >= 11 is 0. The van der Waals surface area contributed by atoms with E-state index in [4.69, 9.17) is 11.5 Å². The quantitative estimate of drug-likeness (QED) is 0.0832. The van der Waals surface area contributed by atoms with Crippen LogP contribution in [-0.2, 0) is 33.6 Å². The summed E-state index contributed by atoms with van der Waals surface area (Å²) in [5.74, 6) is -6.31. The van der Waals surface area contributed by atoms with Crippen LogP contribution in [-0.4, -0.2) is 105 Å². The molecule has 1 fully saturated rings. The van der Waals surface area contributed by atoms with Crippen molar-refractivity contribution in [3.05, 3.63) is 0 Å². The van der Waals surface area contributed by atoms with E-state index in [-0.39, 0.29) is 38.1 Å². The van der Waals surface area contributed by atoms with Crippen LogP contribution < -0.4 is 32.7 Å². The predicted octanol–water partition coefficient (Wildman–Crippen LogP) is -1.67. The van der Waals surface area contributed by atoms with E-state index in [0.717, 1.165) is 4.90 Å². The molecule has 46 heavy (non-hydrogen) atoms. The Balaban J connectivity index is 3.11. The van der Waals surface area contributed by atoms with Gasteiger partial charge in [-0.3, -0.25) is 28.8 Å². The molecule has 0 aliphatic carbocycles. The van der Waals surface area contributed by atoms with Crippen LogP contribution in [0, 0.1) is 17.8 Å². The summed E-state index contributed by atoms with van der Waals surface area (Å²) in [6.45, 7) is 11.8. The lowest BCUT2D eigenvalue weighted by Gasteiger charge is -2.31. The van der Waals surface area contributed by atoms with Gasteiger partial charge in [0, 0.05) is 13.0 Å². The molecule has 0 aromatic heterocycles.